The van der Waals surface area contributed by atoms with Crippen molar-refractivity contribution in [2.24, 2.45) is 0 Å². The molecule has 0 atom stereocenters. The number of benzene rings is 1. The fraction of sp³-hybridized carbons (Fsp3) is 0.692. The van der Waals surface area contributed by atoms with Crippen LogP contribution in [-0.4, -0.2) is 49.8 Å². The molecule has 0 saturated heterocycles. The largest absolute Gasteiger partial charge is 0.462 e. The topological polar surface area (TPSA) is 67.9 Å². The molecule has 0 heterocycles. The van der Waals surface area contributed by atoms with E-state index >= 15 is 0 Å². The maximum absolute atomic E-state index is 12.1. The lowest BCUT2D eigenvalue weighted by molar-refractivity contribution is 0.0497. The molecule has 0 fully saturated rings. The Balaban J connectivity index is 2.26. The number of esters is 1. The zero-order valence-corrected chi connectivity index (χ0v) is 20.5. The number of ether oxygens (including phenoxy) is 2. The zero-order valence-electron chi connectivity index (χ0n) is 20.5. The van der Waals surface area contributed by atoms with E-state index in [0.717, 1.165) is 38.9 Å². The van der Waals surface area contributed by atoms with Gasteiger partial charge in [-0.1, -0.05) is 59.3 Å². The number of nitrogens with zero attached hydrogens (tertiary/aromatic N) is 1. The number of rotatable bonds is 18. The summed E-state index contributed by atoms with van der Waals surface area (Å²) in [6, 6.07) is 6.70. The Labute approximate surface area is 195 Å². The summed E-state index contributed by atoms with van der Waals surface area (Å²) in [4.78, 5) is 26.6. The lowest BCUT2D eigenvalue weighted by Crippen LogP contribution is -2.28. The summed E-state index contributed by atoms with van der Waals surface area (Å²) in [6.07, 6.45) is 10.7. The first-order valence-electron chi connectivity index (χ1n) is 12.5. The van der Waals surface area contributed by atoms with E-state index < -0.39 is 6.09 Å². The lowest BCUT2D eigenvalue weighted by Gasteiger charge is -2.21. The third kappa shape index (κ3) is 13.4. The van der Waals surface area contributed by atoms with Crippen LogP contribution in [0.25, 0.3) is 0 Å². The first kappa shape index (κ1) is 28.0. The predicted molar refractivity (Wildman–Crippen MR) is 131 cm³/mol. The van der Waals surface area contributed by atoms with E-state index in [2.05, 4.69) is 31.0 Å². The van der Waals surface area contributed by atoms with Gasteiger partial charge < -0.3 is 14.4 Å². The quantitative estimate of drug-likeness (QED) is 0.201. The molecule has 182 valence electrons. The Morgan fingerprint density at radius 3 is 1.91 bits per heavy atom. The van der Waals surface area contributed by atoms with Crippen LogP contribution in [0, 0.1) is 0 Å². The Bertz CT molecular complexity index is 611. The second-order valence-electron chi connectivity index (χ2n) is 8.29. The van der Waals surface area contributed by atoms with Crippen LogP contribution in [0.2, 0.25) is 0 Å². The monoisotopic (exact) mass is 448 g/mol. The number of carbonyl (C=O) groups is 2. The van der Waals surface area contributed by atoms with Crippen LogP contribution in [0.3, 0.4) is 0 Å². The number of nitrogens with one attached hydrogen (secondary N) is 1. The molecule has 0 saturated carbocycles. The van der Waals surface area contributed by atoms with Gasteiger partial charge in [0.15, 0.2) is 0 Å². The van der Waals surface area contributed by atoms with Crippen LogP contribution in [-0.2, 0) is 9.47 Å². The number of hydrogen-bond donors (Lipinski definition) is 1. The Hall–Kier alpha value is -2.08. The van der Waals surface area contributed by atoms with Gasteiger partial charge in [-0.15, -0.1) is 0 Å². The molecular formula is C26H44N2O4. The summed E-state index contributed by atoms with van der Waals surface area (Å²) in [5.74, 6) is -0.328. The zero-order chi connectivity index (χ0) is 23.4. The molecule has 0 bridgehead atoms. The van der Waals surface area contributed by atoms with Crippen molar-refractivity contribution in [2.75, 3.05) is 38.2 Å². The van der Waals surface area contributed by atoms with Crippen molar-refractivity contribution in [2.45, 2.75) is 85.0 Å². The molecule has 0 unspecified atom stereocenters. The van der Waals surface area contributed by atoms with E-state index in [1.54, 1.807) is 24.3 Å². The predicted octanol–water partition coefficient (Wildman–Crippen LogP) is 6.65. The van der Waals surface area contributed by atoms with Crippen LogP contribution in [0.4, 0.5) is 10.5 Å². The summed E-state index contributed by atoms with van der Waals surface area (Å²) in [5.41, 5.74) is 1.08. The van der Waals surface area contributed by atoms with Gasteiger partial charge in [0.25, 0.3) is 0 Å². The molecule has 0 aliphatic rings. The van der Waals surface area contributed by atoms with Gasteiger partial charge in [0.05, 0.1) is 18.8 Å². The van der Waals surface area contributed by atoms with Gasteiger partial charge in [0, 0.05) is 12.2 Å². The molecule has 1 rings (SSSR count). The van der Waals surface area contributed by atoms with Gasteiger partial charge in [0.1, 0.15) is 0 Å². The molecular weight excluding hydrogens is 404 g/mol. The lowest BCUT2D eigenvalue weighted by atomic mass is 10.2. The van der Waals surface area contributed by atoms with E-state index in [4.69, 9.17) is 9.47 Å². The van der Waals surface area contributed by atoms with E-state index in [1.807, 2.05) is 0 Å². The normalized spacial score (nSPS) is 10.9. The summed E-state index contributed by atoms with van der Waals surface area (Å²) in [5, 5.41) is 2.71. The minimum Gasteiger partial charge on any atom is -0.462 e. The molecule has 6 nitrogen and oxygen atoms in total. The van der Waals surface area contributed by atoms with Crippen LogP contribution in [0.15, 0.2) is 24.3 Å². The van der Waals surface area contributed by atoms with Gasteiger partial charge in [-0.3, -0.25) is 5.32 Å². The average molecular weight is 449 g/mol. The minimum absolute atomic E-state index is 0.328. The maximum Gasteiger partial charge on any atom is 0.411 e. The second-order valence-corrected chi connectivity index (χ2v) is 8.29. The fourth-order valence-corrected chi connectivity index (χ4v) is 3.35. The summed E-state index contributed by atoms with van der Waals surface area (Å²) in [7, 11) is 0. The first-order chi connectivity index (χ1) is 15.6. The Morgan fingerprint density at radius 1 is 0.719 bits per heavy atom. The standard InChI is InChI=1S/C26H44N2O4/c1-4-7-10-11-12-21-31-25(29)23-14-16-24(17-15-23)27-26(30)32-22-13-20-28(18-8-5-2)19-9-6-3/h14-17H,4-13,18-22H2,1-3H3,(H,27,30). The number of anilines is 1. The van der Waals surface area contributed by atoms with Crippen molar-refractivity contribution in [3.8, 4) is 0 Å². The molecule has 0 aliphatic heterocycles. The average Bonchev–Trinajstić information content (AvgIpc) is 2.80. The van der Waals surface area contributed by atoms with E-state index in [9.17, 15) is 9.59 Å². The molecule has 0 spiro atoms. The summed E-state index contributed by atoms with van der Waals surface area (Å²) < 4.78 is 10.6. The third-order valence-electron chi connectivity index (χ3n) is 5.36. The number of unbranched alkanes of at least 4 members (excludes halogenated alkanes) is 6. The highest BCUT2D eigenvalue weighted by Gasteiger charge is 2.09. The molecule has 1 amide bonds. The van der Waals surface area contributed by atoms with Gasteiger partial charge in [0.2, 0.25) is 0 Å². The van der Waals surface area contributed by atoms with Crippen molar-refractivity contribution in [3.05, 3.63) is 29.8 Å². The fourth-order valence-electron chi connectivity index (χ4n) is 3.35. The van der Waals surface area contributed by atoms with Gasteiger partial charge in [-0.25, -0.2) is 9.59 Å². The van der Waals surface area contributed by atoms with E-state index in [1.165, 1.54) is 44.9 Å². The molecule has 0 aromatic heterocycles. The van der Waals surface area contributed by atoms with Gasteiger partial charge in [-0.05, 0) is 63.0 Å². The Kier molecular flexibility index (Phi) is 16.1. The molecule has 6 heteroatoms. The maximum atomic E-state index is 12.1. The van der Waals surface area contributed by atoms with Crippen molar-refractivity contribution < 1.29 is 19.1 Å². The van der Waals surface area contributed by atoms with E-state index in [0.29, 0.717) is 24.5 Å². The van der Waals surface area contributed by atoms with E-state index in [-0.39, 0.29) is 5.97 Å². The van der Waals surface area contributed by atoms with Crippen molar-refractivity contribution in [1.82, 2.24) is 4.90 Å². The number of hydrogen-bond acceptors (Lipinski definition) is 5. The van der Waals surface area contributed by atoms with Crippen molar-refractivity contribution in [3.63, 3.8) is 0 Å². The summed E-state index contributed by atoms with van der Waals surface area (Å²) >= 11 is 0. The molecule has 0 radical (unpaired) electrons. The molecule has 1 N–H and O–H groups in total. The molecule has 32 heavy (non-hydrogen) atoms. The highest BCUT2D eigenvalue weighted by molar-refractivity contribution is 5.91. The summed E-state index contributed by atoms with van der Waals surface area (Å²) in [6.45, 7) is 10.6. The SMILES string of the molecule is CCCCCCCOC(=O)c1ccc(NC(=O)OCCCN(CCCC)CCCC)cc1. The van der Waals surface area contributed by atoms with Crippen LogP contribution < -0.4 is 5.32 Å². The minimum atomic E-state index is -0.471. The van der Waals surface area contributed by atoms with Crippen molar-refractivity contribution >= 4 is 17.7 Å². The Morgan fingerprint density at radius 2 is 1.28 bits per heavy atom. The molecule has 1 aromatic rings. The van der Waals surface area contributed by atoms with Gasteiger partial charge >= 0.3 is 12.1 Å². The highest BCUT2D eigenvalue weighted by atomic mass is 16.5. The second kappa shape index (κ2) is 18.5. The van der Waals surface area contributed by atoms with Crippen LogP contribution >= 0.6 is 0 Å². The van der Waals surface area contributed by atoms with Gasteiger partial charge in [-0.2, -0.15) is 0 Å². The van der Waals surface area contributed by atoms with Crippen LogP contribution in [0.1, 0.15) is 95.3 Å². The first-order valence-corrected chi connectivity index (χ1v) is 12.5. The molecule has 1 aromatic carbocycles. The van der Waals surface area contributed by atoms with Crippen molar-refractivity contribution in [1.29, 1.82) is 0 Å². The number of amides is 1. The van der Waals surface area contributed by atoms with Crippen LogP contribution in [0.5, 0.6) is 0 Å². The smallest absolute Gasteiger partial charge is 0.411 e. The number of carbonyl (C=O) groups excluding carboxylic acids is 2. The third-order valence-corrected chi connectivity index (χ3v) is 5.36. The highest BCUT2D eigenvalue weighted by Crippen LogP contribution is 2.12. The molecule has 0 aliphatic carbocycles.